The van der Waals surface area contributed by atoms with Gasteiger partial charge in [-0.05, 0) is 35.9 Å². The van der Waals surface area contributed by atoms with Gasteiger partial charge in [-0.25, -0.2) is 4.39 Å². The molecule has 0 aliphatic carbocycles. The molecule has 0 saturated carbocycles. The zero-order chi connectivity index (χ0) is 21.1. The molecule has 0 radical (unpaired) electrons. The van der Waals surface area contributed by atoms with Crippen LogP contribution in [0.1, 0.15) is 21.8 Å². The summed E-state index contributed by atoms with van der Waals surface area (Å²) in [6, 6.07) is 11.0. The topological polar surface area (TPSA) is 81.4 Å². The van der Waals surface area contributed by atoms with Crippen molar-refractivity contribution in [2.45, 2.75) is 13.2 Å². The number of fused-ring (bicyclic) bond motifs is 1. The van der Waals surface area contributed by atoms with Crippen molar-refractivity contribution in [2.24, 2.45) is 0 Å². The quantitative estimate of drug-likeness (QED) is 0.458. The van der Waals surface area contributed by atoms with E-state index in [1.807, 2.05) is 18.2 Å². The SMILES string of the molecule is CN(Cc1ccc2nccnc2c1)C(=O)c1cc(COc2ccc(F)cc2Cl)on1. The van der Waals surface area contributed by atoms with Gasteiger partial charge in [0.15, 0.2) is 11.5 Å². The van der Waals surface area contributed by atoms with Crippen LogP contribution in [0.15, 0.2) is 59.4 Å². The zero-order valence-corrected chi connectivity index (χ0v) is 16.6. The van der Waals surface area contributed by atoms with Crippen LogP contribution in [0, 0.1) is 5.82 Å². The van der Waals surface area contributed by atoms with Crippen LogP contribution in [0.25, 0.3) is 11.0 Å². The van der Waals surface area contributed by atoms with Crippen LogP contribution in [0.5, 0.6) is 5.75 Å². The van der Waals surface area contributed by atoms with Gasteiger partial charge in [0.25, 0.3) is 5.91 Å². The summed E-state index contributed by atoms with van der Waals surface area (Å²) in [5.74, 6) is -0.113. The van der Waals surface area contributed by atoms with E-state index in [-0.39, 0.29) is 23.2 Å². The predicted molar refractivity (Wildman–Crippen MR) is 108 cm³/mol. The highest BCUT2D eigenvalue weighted by Crippen LogP contribution is 2.26. The van der Waals surface area contributed by atoms with Crippen molar-refractivity contribution in [3.63, 3.8) is 0 Å². The van der Waals surface area contributed by atoms with Gasteiger partial charge in [-0.15, -0.1) is 0 Å². The monoisotopic (exact) mass is 426 g/mol. The Morgan fingerprint density at radius 3 is 2.73 bits per heavy atom. The number of ether oxygens (including phenoxy) is 1. The number of hydrogen-bond donors (Lipinski definition) is 0. The van der Waals surface area contributed by atoms with E-state index in [1.165, 1.54) is 23.1 Å². The summed E-state index contributed by atoms with van der Waals surface area (Å²) in [4.78, 5) is 22.7. The van der Waals surface area contributed by atoms with Crippen LogP contribution in [-0.4, -0.2) is 33.0 Å². The molecule has 7 nitrogen and oxygen atoms in total. The number of hydrogen-bond acceptors (Lipinski definition) is 6. The van der Waals surface area contributed by atoms with Gasteiger partial charge in [-0.2, -0.15) is 0 Å². The van der Waals surface area contributed by atoms with E-state index in [0.717, 1.165) is 22.7 Å². The molecular weight excluding hydrogens is 411 g/mol. The zero-order valence-electron chi connectivity index (χ0n) is 15.9. The number of carbonyl (C=O) groups is 1. The number of benzene rings is 2. The lowest BCUT2D eigenvalue weighted by molar-refractivity contribution is 0.0774. The number of nitrogens with zero attached hydrogens (tertiary/aromatic N) is 4. The molecule has 0 spiro atoms. The molecule has 9 heteroatoms. The molecule has 1 amide bonds. The van der Waals surface area contributed by atoms with E-state index in [9.17, 15) is 9.18 Å². The van der Waals surface area contributed by atoms with E-state index in [4.69, 9.17) is 20.9 Å². The summed E-state index contributed by atoms with van der Waals surface area (Å²) in [5.41, 5.74) is 2.62. The first-order valence-corrected chi connectivity index (χ1v) is 9.36. The third kappa shape index (κ3) is 4.38. The summed E-state index contributed by atoms with van der Waals surface area (Å²) in [6.07, 6.45) is 3.26. The fourth-order valence-electron chi connectivity index (χ4n) is 2.87. The van der Waals surface area contributed by atoms with Gasteiger partial charge in [0.1, 0.15) is 18.2 Å². The van der Waals surface area contributed by atoms with Crippen molar-refractivity contribution >= 4 is 28.5 Å². The molecule has 2 heterocycles. The lowest BCUT2D eigenvalue weighted by atomic mass is 10.2. The molecule has 30 heavy (non-hydrogen) atoms. The van der Waals surface area contributed by atoms with Crippen LogP contribution in [0.4, 0.5) is 4.39 Å². The minimum Gasteiger partial charge on any atom is -0.484 e. The summed E-state index contributed by atoms with van der Waals surface area (Å²) < 4.78 is 23.8. The Labute approximate surface area is 176 Å². The van der Waals surface area contributed by atoms with Crippen molar-refractivity contribution < 1.29 is 18.4 Å². The van der Waals surface area contributed by atoms with Crippen LogP contribution in [0.2, 0.25) is 5.02 Å². The molecule has 0 bridgehead atoms. The molecule has 152 valence electrons. The van der Waals surface area contributed by atoms with Gasteiger partial charge < -0.3 is 14.2 Å². The summed E-state index contributed by atoms with van der Waals surface area (Å²) in [6.45, 7) is 0.369. The molecule has 0 atom stereocenters. The first-order valence-electron chi connectivity index (χ1n) is 8.98. The van der Waals surface area contributed by atoms with E-state index >= 15 is 0 Å². The van der Waals surface area contributed by atoms with Crippen LogP contribution < -0.4 is 4.74 Å². The smallest absolute Gasteiger partial charge is 0.276 e. The average molecular weight is 427 g/mol. The minimum absolute atomic E-state index is 0.00130. The standard InChI is InChI=1S/C21H16ClFN4O3/c1-27(11-13-2-4-17-18(8-13)25-7-6-24-17)21(28)19-10-15(30-26-19)12-29-20-5-3-14(23)9-16(20)22/h2-10H,11-12H2,1H3. The maximum Gasteiger partial charge on any atom is 0.276 e. The molecule has 0 fully saturated rings. The lowest BCUT2D eigenvalue weighted by Gasteiger charge is -2.15. The van der Waals surface area contributed by atoms with Crippen LogP contribution in [0.3, 0.4) is 0 Å². The van der Waals surface area contributed by atoms with E-state index in [1.54, 1.807) is 19.4 Å². The first-order chi connectivity index (χ1) is 14.5. The highest BCUT2D eigenvalue weighted by Gasteiger charge is 2.18. The highest BCUT2D eigenvalue weighted by atomic mass is 35.5. The second-order valence-electron chi connectivity index (χ2n) is 6.58. The molecule has 0 unspecified atom stereocenters. The number of rotatable bonds is 6. The van der Waals surface area contributed by atoms with E-state index in [2.05, 4.69) is 15.1 Å². The lowest BCUT2D eigenvalue weighted by Crippen LogP contribution is -2.26. The molecule has 4 aromatic rings. The second-order valence-corrected chi connectivity index (χ2v) is 6.99. The predicted octanol–water partition coefficient (Wildman–Crippen LogP) is 4.26. The summed E-state index contributed by atoms with van der Waals surface area (Å²) in [5, 5.41) is 3.96. The average Bonchev–Trinajstić information content (AvgIpc) is 3.21. The largest absolute Gasteiger partial charge is 0.484 e. The minimum atomic E-state index is -0.457. The van der Waals surface area contributed by atoms with E-state index in [0.29, 0.717) is 18.1 Å². The fourth-order valence-corrected chi connectivity index (χ4v) is 3.09. The van der Waals surface area contributed by atoms with Gasteiger partial charge in [0, 0.05) is 32.1 Å². The van der Waals surface area contributed by atoms with E-state index < -0.39 is 5.82 Å². The Hall–Kier alpha value is -3.52. The number of aromatic nitrogens is 3. The summed E-state index contributed by atoms with van der Waals surface area (Å²) in [7, 11) is 1.67. The maximum absolute atomic E-state index is 13.1. The Morgan fingerprint density at radius 1 is 1.13 bits per heavy atom. The van der Waals surface area contributed by atoms with Gasteiger partial charge >= 0.3 is 0 Å². The molecular formula is C21H16ClFN4O3. The van der Waals surface area contributed by atoms with Crippen LogP contribution >= 0.6 is 11.6 Å². The molecule has 0 N–H and O–H groups in total. The Balaban J connectivity index is 1.39. The van der Waals surface area contributed by atoms with Crippen molar-refractivity contribution in [1.29, 1.82) is 0 Å². The Kier molecular flexibility index (Phi) is 5.58. The third-order valence-electron chi connectivity index (χ3n) is 4.34. The third-order valence-corrected chi connectivity index (χ3v) is 4.64. The second kappa shape index (κ2) is 8.46. The molecule has 2 aromatic carbocycles. The van der Waals surface area contributed by atoms with Crippen molar-refractivity contribution in [3.8, 4) is 5.75 Å². The van der Waals surface area contributed by atoms with Crippen molar-refractivity contribution in [1.82, 2.24) is 20.0 Å². The van der Waals surface area contributed by atoms with Gasteiger partial charge in [-0.1, -0.05) is 22.8 Å². The van der Waals surface area contributed by atoms with Gasteiger partial charge in [0.2, 0.25) is 0 Å². The first kappa shape index (κ1) is 19.8. The van der Waals surface area contributed by atoms with Gasteiger partial charge in [-0.3, -0.25) is 14.8 Å². The van der Waals surface area contributed by atoms with Crippen LogP contribution in [-0.2, 0) is 13.2 Å². The van der Waals surface area contributed by atoms with Crippen molar-refractivity contribution in [3.05, 3.63) is 82.7 Å². The van der Waals surface area contributed by atoms with Crippen molar-refractivity contribution in [2.75, 3.05) is 7.05 Å². The molecule has 2 aromatic heterocycles. The molecule has 4 rings (SSSR count). The molecule has 0 aliphatic heterocycles. The number of amides is 1. The highest BCUT2D eigenvalue weighted by molar-refractivity contribution is 6.32. The molecule has 0 aliphatic rings. The Bertz CT molecular complexity index is 1210. The number of halogens is 2. The fraction of sp³-hybridized carbons (Fsp3) is 0.143. The summed E-state index contributed by atoms with van der Waals surface area (Å²) >= 11 is 5.93. The Morgan fingerprint density at radius 2 is 1.93 bits per heavy atom. The maximum atomic E-state index is 13.1. The normalized spacial score (nSPS) is 10.9. The number of carbonyl (C=O) groups excluding carboxylic acids is 1. The molecule has 0 saturated heterocycles. The van der Waals surface area contributed by atoms with Gasteiger partial charge in [0.05, 0.1) is 16.1 Å².